The molecule has 3 saturated carbocycles. The summed E-state index contributed by atoms with van der Waals surface area (Å²) in [4.78, 5) is 0. The van der Waals surface area contributed by atoms with Crippen LogP contribution in [0.3, 0.4) is 0 Å². The smallest absolute Gasteiger partial charge is 0.141 e. The molecule has 0 amide bonds. The van der Waals surface area contributed by atoms with Crippen LogP contribution in [0.25, 0.3) is 11.1 Å². The lowest BCUT2D eigenvalue weighted by Gasteiger charge is -2.54. The third kappa shape index (κ3) is 3.18. The number of rotatable bonds is 5. The third-order valence-electron chi connectivity index (χ3n) is 7.36. The van der Waals surface area contributed by atoms with E-state index in [4.69, 9.17) is 5.26 Å². The molecule has 0 saturated heterocycles. The minimum absolute atomic E-state index is 0.116. The minimum Gasteiger partial charge on any atom is -0.206 e. The van der Waals surface area contributed by atoms with E-state index in [9.17, 15) is 4.39 Å². The second-order valence-electron chi connectivity index (χ2n) is 8.74. The SMILES string of the molecule is CCCCC12CCC(c3ccccc3-c3ccc(C#N)c(F)c3)(CC1)CC2. The Morgan fingerprint density at radius 2 is 1.70 bits per heavy atom. The normalized spacial score (nSPS) is 26.7. The standard InChI is InChI=1S/C25H28FN/c1-2-3-10-24-11-14-25(15-12-24,16-13-24)22-7-5-4-6-21(22)19-8-9-20(18-27)23(26)17-19/h4-9,17H,2-3,10-16H2,1H3. The van der Waals surface area contributed by atoms with Crippen LogP contribution in [-0.2, 0) is 5.41 Å². The summed E-state index contributed by atoms with van der Waals surface area (Å²) in [5.41, 5.74) is 4.37. The van der Waals surface area contributed by atoms with Gasteiger partial charge in [-0.15, -0.1) is 0 Å². The van der Waals surface area contributed by atoms with E-state index in [1.807, 2.05) is 18.2 Å². The Hall–Kier alpha value is -2.14. The van der Waals surface area contributed by atoms with Crippen LogP contribution in [-0.4, -0.2) is 0 Å². The first kappa shape index (κ1) is 18.2. The Labute approximate surface area is 162 Å². The van der Waals surface area contributed by atoms with Crippen LogP contribution in [0.2, 0.25) is 0 Å². The second kappa shape index (κ2) is 7.12. The van der Waals surface area contributed by atoms with Crippen LogP contribution < -0.4 is 0 Å². The van der Waals surface area contributed by atoms with Crippen LogP contribution in [0, 0.1) is 22.6 Å². The van der Waals surface area contributed by atoms with Crippen LogP contribution >= 0.6 is 0 Å². The maximum atomic E-state index is 14.2. The minimum atomic E-state index is -0.423. The van der Waals surface area contributed by atoms with Crippen molar-refractivity contribution in [3.63, 3.8) is 0 Å². The molecule has 2 bridgehead atoms. The molecule has 0 heterocycles. The van der Waals surface area contributed by atoms with Crippen molar-refractivity contribution in [1.29, 1.82) is 5.26 Å². The van der Waals surface area contributed by atoms with Gasteiger partial charge in [-0.05, 0) is 84.6 Å². The molecule has 3 aliphatic rings. The number of halogens is 1. The average Bonchev–Trinajstić information content (AvgIpc) is 2.73. The quantitative estimate of drug-likeness (QED) is 0.555. The monoisotopic (exact) mass is 361 g/mol. The van der Waals surface area contributed by atoms with E-state index in [0.29, 0.717) is 5.41 Å². The van der Waals surface area contributed by atoms with Gasteiger partial charge in [-0.1, -0.05) is 50.1 Å². The van der Waals surface area contributed by atoms with Crippen molar-refractivity contribution in [1.82, 2.24) is 0 Å². The first-order valence-corrected chi connectivity index (χ1v) is 10.4. The fourth-order valence-corrected chi connectivity index (χ4v) is 5.56. The van der Waals surface area contributed by atoms with Crippen molar-refractivity contribution >= 4 is 0 Å². The zero-order chi connectivity index (χ0) is 18.9. The molecule has 3 aliphatic carbocycles. The summed E-state index contributed by atoms with van der Waals surface area (Å²) in [5, 5.41) is 9.02. The van der Waals surface area contributed by atoms with E-state index in [-0.39, 0.29) is 11.0 Å². The predicted molar refractivity (Wildman–Crippen MR) is 108 cm³/mol. The van der Waals surface area contributed by atoms with Crippen molar-refractivity contribution in [2.24, 2.45) is 5.41 Å². The fourth-order valence-electron chi connectivity index (χ4n) is 5.56. The van der Waals surface area contributed by atoms with Crippen LogP contribution in [0.1, 0.15) is 75.8 Å². The van der Waals surface area contributed by atoms with E-state index in [1.54, 1.807) is 6.07 Å². The molecule has 2 heteroatoms. The third-order valence-corrected chi connectivity index (χ3v) is 7.36. The summed E-state index contributed by atoms with van der Waals surface area (Å²) < 4.78 is 14.2. The van der Waals surface area contributed by atoms with Crippen molar-refractivity contribution in [2.75, 3.05) is 0 Å². The number of unbranched alkanes of at least 4 members (excludes halogenated alkanes) is 1. The van der Waals surface area contributed by atoms with Crippen molar-refractivity contribution in [2.45, 2.75) is 70.1 Å². The summed E-state index contributed by atoms with van der Waals surface area (Å²) in [5.74, 6) is -0.423. The Morgan fingerprint density at radius 1 is 1.00 bits per heavy atom. The number of fused-ring (bicyclic) bond motifs is 3. The van der Waals surface area contributed by atoms with Crippen LogP contribution in [0.5, 0.6) is 0 Å². The number of hydrogen-bond donors (Lipinski definition) is 0. The molecule has 0 spiro atoms. The van der Waals surface area contributed by atoms with Gasteiger partial charge in [0.15, 0.2) is 0 Å². The van der Waals surface area contributed by atoms with Gasteiger partial charge in [-0.3, -0.25) is 0 Å². The Kier molecular flexibility index (Phi) is 4.81. The highest BCUT2D eigenvalue weighted by Crippen LogP contribution is 2.60. The molecule has 0 N–H and O–H groups in total. The number of nitrogens with zero attached hydrogens (tertiary/aromatic N) is 1. The molecule has 2 aromatic rings. The van der Waals surface area contributed by atoms with Gasteiger partial charge < -0.3 is 0 Å². The summed E-state index contributed by atoms with van der Waals surface area (Å²) in [6, 6.07) is 15.5. The maximum Gasteiger partial charge on any atom is 0.141 e. The molecule has 5 rings (SSSR count). The largest absolute Gasteiger partial charge is 0.206 e. The lowest BCUT2D eigenvalue weighted by Crippen LogP contribution is -2.44. The first-order valence-electron chi connectivity index (χ1n) is 10.4. The zero-order valence-corrected chi connectivity index (χ0v) is 16.2. The average molecular weight is 362 g/mol. The first-order chi connectivity index (χ1) is 13.1. The van der Waals surface area contributed by atoms with Gasteiger partial charge in [0, 0.05) is 0 Å². The van der Waals surface area contributed by atoms with E-state index in [0.717, 1.165) is 11.1 Å². The van der Waals surface area contributed by atoms with Gasteiger partial charge in [0.05, 0.1) is 5.56 Å². The van der Waals surface area contributed by atoms with Gasteiger partial charge in [-0.2, -0.15) is 5.26 Å². The molecule has 140 valence electrons. The fraction of sp³-hybridized carbons (Fsp3) is 0.480. The highest BCUT2D eigenvalue weighted by atomic mass is 19.1. The molecule has 0 atom stereocenters. The lowest BCUT2D eigenvalue weighted by atomic mass is 9.50. The van der Waals surface area contributed by atoms with Crippen molar-refractivity contribution < 1.29 is 4.39 Å². The zero-order valence-electron chi connectivity index (χ0n) is 16.2. The van der Waals surface area contributed by atoms with Gasteiger partial charge in [0.2, 0.25) is 0 Å². The van der Waals surface area contributed by atoms with E-state index >= 15 is 0 Å². The predicted octanol–water partition coefficient (Wildman–Crippen LogP) is 7.15. The molecule has 1 nitrogen and oxygen atoms in total. The summed E-state index contributed by atoms with van der Waals surface area (Å²) in [7, 11) is 0. The molecule has 0 radical (unpaired) electrons. The molecular weight excluding hydrogens is 333 g/mol. The molecule has 27 heavy (non-hydrogen) atoms. The van der Waals surface area contributed by atoms with Gasteiger partial charge >= 0.3 is 0 Å². The van der Waals surface area contributed by atoms with Crippen molar-refractivity contribution in [3.8, 4) is 17.2 Å². The van der Waals surface area contributed by atoms with E-state index in [1.165, 1.54) is 69.4 Å². The maximum absolute atomic E-state index is 14.2. The summed E-state index contributed by atoms with van der Waals surface area (Å²) >= 11 is 0. The highest BCUT2D eigenvalue weighted by Gasteiger charge is 2.49. The van der Waals surface area contributed by atoms with Gasteiger partial charge in [0.1, 0.15) is 11.9 Å². The number of benzene rings is 2. The van der Waals surface area contributed by atoms with Crippen LogP contribution in [0.4, 0.5) is 4.39 Å². The summed E-state index contributed by atoms with van der Waals surface area (Å²) in [6.45, 7) is 2.29. The van der Waals surface area contributed by atoms with E-state index in [2.05, 4.69) is 25.1 Å². The molecule has 0 unspecified atom stereocenters. The Bertz CT molecular complexity index is 852. The molecular formula is C25H28FN. The second-order valence-corrected chi connectivity index (χ2v) is 8.74. The van der Waals surface area contributed by atoms with Gasteiger partial charge in [0.25, 0.3) is 0 Å². The van der Waals surface area contributed by atoms with Crippen LogP contribution in [0.15, 0.2) is 42.5 Å². The number of nitriles is 1. The topological polar surface area (TPSA) is 23.8 Å². The summed E-state index contributed by atoms with van der Waals surface area (Å²) in [6.07, 6.45) is 11.8. The molecule has 0 aliphatic heterocycles. The Balaban J connectivity index is 1.67. The lowest BCUT2D eigenvalue weighted by molar-refractivity contribution is 0.0311. The Morgan fingerprint density at radius 3 is 2.33 bits per heavy atom. The molecule has 2 aromatic carbocycles. The van der Waals surface area contributed by atoms with Crippen molar-refractivity contribution in [3.05, 3.63) is 59.4 Å². The van der Waals surface area contributed by atoms with Gasteiger partial charge in [-0.25, -0.2) is 4.39 Å². The van der Waals surface area contributed by atoms with E-state index < -0.39 is 5.82 Å². The molecule has 0 aromatic heterocycles. The number of hydrogen-bond acceptors (Lipinski definition) is 1. The highest BCUT2D eigenvalue weighted by molar-refractivity contribution is 5.70. The molecule has 3 fully saturated rings.